The normalized spacial score (nSPS) is 14.7. The number of rotatable bonds is 6. The minimum absolute atomic E-state index is 0.0565. The molecule has 0 saturated heterocycles. The summed E-state index contributed by atoms with van der Waals surface area (Å²) >= 11 is 0. The molecule has 1 atom stereocenters. The maximum absolute atomic E-state index is 12.8. The Morgan fingerprint density at radius 3 is 2.54 bits per heavy atom. The monoisotopic (exact) mass is 348 g/mol. The van der Waals surface area contributed by atoms with Gasteiger partial charge in [0.25, 0.3) is 0 Å². The SMILES string of the molecule is COc1ccc(-c2nc(NC(=O)[C@H](c3ccccc3)C3CC3)n[nH]2)cc1. The molecule has 6 nitrogen and oxygen atoms in total. The van der Waals surface area contributed by atoms with E-state index < -0.39 is 0 Å². The quantitative estimate of drug-likeness (QED) is 0.713. The highest BCUT2D eigenvalue weighted by Crippen LogP contribution is 2.43. The van der Waals surface area contributed by atoms with E-state index in [1.54, 1.807) is 7.11 Å². The third kappa shape index (κ3) is 3.44. The smallest absolute Gasteiger partial charge is 0.249 e. The van der Waals surface area contributed by atoms with Gasteiger partial charge in [0.15, 0.2) is 5.82 Å². The minimum Gasteiger partial charge on any atom is -0.497 e. The number of nitrogens with one attached hydrogen (secondary N) is 2. The second kappa shape index (κ2) is 7.00. The van der Waals surface area contributed by atoms with Gasteiger partial charge in [0, 0.05) is 5.56 Å². The van der Waals surface area contributed by atoms with Gasteiger partial charge in [-0.1, -0.05) is 30.3 Å². The van der Waals surface area contributed by atoms with Crippen LogP contribution in [0.15, 0.2) is 54.6 Å². The molecule has 0 bridgehead atoms. The van der Waals surface area contributed by atoms with Crippen LogP contribution in [0.5, 0.6) is 5.75 Å². The summed E-state index contributed by atoms with van der Waals surface area (Å²) in [5.41, 5.74) is 1.92. The van der Waals surface area contributed by atoms with Gasteiger partial charge in [0.2, 0.25) is 11.9 Å². The van der Waals surface area contributed by atoms with Gasteiger partial charge in [0.05, 0.1) is 13.0 Å². The molecule has 1 aromatic heterocycles. The van der Waals surface area contributed by atoms with Crippen LogP contribution < -0.4 is 10.1 Å². The van der Waals surface area contributed by atoms with Crippen LogP contribution in [0.2, 0.25) is 0 Å². The molecular formula is C20H20N4O2. The predicted octanol–water partition coefficient (Wildman–Crippen LogP) is 3.61. The Balaban J connectivity index is 1.50. The van der Waals surface area contributed by atoms with Gasteiger partial charge in [0.1, 0.15) is 5.75 Å². The van der Waals surface area contributed by atoms with Crippen molar-refractivity contribution in [2.45, 2.75) is 18.8 Å². The van der Waals surface area contributed by atoms with Crippen molar-refractivity contribution in [3.63, 3.8) is 0 Å². The molecule has 26 heavy (non-hydrogen) atoms. The van der Waals surface area contributed by atoms with Crippen molar-refractivity contribution in [1.82, 2.24) is 15.2 Å². The highest BCUT2D eigenvalue weighted by molar-refractivity contribution is 5.95. The fourth-order valence-corrected chi connectivity index (χ4v) is 3.11. The Kier molecular flexibility index (Phi) is 4.39. The van der Waals surface area contributed by atoms with E-state index in [-0.39, 0.29) is 11.8 Å². The van der Waals surface area contributed by atoms with Crippen LogP contribution in [-0.2, 0) is 4.79 Å². The Morgan fingerprint density at radius 1 is 1.15 bits per heavy atom. The van der Waals surface area contributed by atoms with Crippen molar-refractivity contribution in [2.75, 3.05) is 12.4 Å². The number of carbonyl (C=O) groups excluding carboxylic acids is 1. The third-order valence-electron chi connectivity index (χ3n) is 4.62. The van der Waals surface area contributed by atoms with Gasteiger partial charge in [-0.3, -0.25) is 15.2 Å². The lowest BCUT2D eigenvalue weighted by atomic mass is 9.93. The summed E-state index contributed by atoms with van der Waals surface area (Å²) in [5, 5.41) is 9.86. The number of aromatic amines is 1. The number of ether oxygens (including phenoxy) is 1. The molecule has 1 heterocycles. The molecule has 0 radical (unpaired) electrons. The second-order valence-electron chi connectivity index (χ2n) is 6.45. The zero-order chi connectivity index (χ0) is 17.9. The Hall–Kier alpha value is -3.15. The summed E-state index contributed by atoms with van der Waals surface area (Å²) in [6.45, 7) is 0. The molecule has 4 rings (SSSR count). The molecule has 6 heteroatoms. The summed E-state index contributed by atoms with van der Waals surface area (Å²) in [6, 6.07) is 17.4. The molecule has 0 aliphatic heterocycles. The van der Waals surface area contributed by atoms with E-state index in [2.05, 4.69) is 20.5 Å². The van der Waals surface area contributed by atoms with Gasteiger partial charge < -0.3 is 4.74 Å². The van der Waals surface area contributed by atoms with Crippen molar-refractivity contribution >= 4 is 11.9 Å². The maximum Gasteiger partial charge on any atom is 0.249 e. The zero-order valence-electron chi connectivity index (χ0n) is 14.5. The van der Waals surface area contributed by atoms with E-state index in [0.29, 0.717) is 17.7 Å². The number of nitrogens with zero attached hydrogens (tertiary/aromatic N) is 2. The number of amides is 1. The van der Waals surface area contributed by atoms with Gasteiger partial charge in [-0.05, 0) is 48.6 Å². The van der Waals surface area contributed by atoms with Crippen LogP contribution >= 0.6 is 0 Å². The number of aromatic nitrogens is 3. The molecule has 0 unspecified atom stereocenters. The lowest BCUT2D eigenvalue weighted by Gasteiger charge is -2.15. The maximum atomic E-state index is 12.8. The van der Waals surface area contributed by atoms with E-state index >= 15 is 0 Å². The first-order valence-corrected chi connectivity index (χ1v) is 8.67. The van der Waals surface area contributed by atoms with Crippen LogP contribution in [0.4, 0.5) is 5.95 Å². The zero-order valence-corrected chi connectivity index (χ0v) is 14.5. The molecule has 2 aromatic carbocycles. The molecule has 132 valence electrons. The van der Waals surface area contributed by atoms with Crippen molar-refractivity contribution in [1.29, 1.82) is 0 Å². The summed E-state index contributed by atoms with van der Waals surface area (Å²) in [5.74, 6) is 1.86. The third-order valence-corrected chi connectivity index (χ3v) is 4.62. The van der Waals surface area contributed by atoms with Gasteiger partial charge >= 0.3 is 0 Å². The summed E-state index contributed by atoms with van der Waals surface area (Å²) in [4.78, 5) is 17.2. The molecular weight excluding hydrogens is 328 g/mol. The van der Waals surface area contributed by atoms with Gasteiger partial charge in [-0.15, -0.1) is 5.10 Å². The highest BCUT2D eigenvalue weighted by Gasteiger charge is 2.37. The van der Waals surface area contributed by atoms with Crippen LogP contribution in [0.25, 0.3) is 11.4 Å². The van der Waals surface area contributed by atoms with E-state index in [0.717, 1.165) is 29.7 Å². The average Bonchev–Trinajstić information content (AvgIpc) is 3.40. The highest BCUT2D eigenvalue weighted by atomic mass is 16.5. The summed E-state index contributed by atoms with van der Waals surface area (Å²) in [7, 11) is 1.63. The van der Waals surface area contributed by atoms with Crippen LogP contribution in [-0.4, -0.2) is 28.2 Å². The Labute approximate surface area is 151 Å². The lowest BCUT2D eigenvalue weighted by Crippen LogP contribution is -2.23. The Bertz CT molecular complexity index is 886. The predicted molar refractivity (Wildman–Crippen MR) is 98.9 cm³/mol. The number of carbonyl (C=O) groups is 1. The molecule has 1 aliphatic carbocycles. The first-order chi connectivity index (χ1) is 12.7. The summed E-state index contributed by atoms with van der Waals surface area (Å²) in [6.07, 6.45) is 2.16. The van der Waals surface area contributed by atoms with Gasteiger partial charge in [-0.2, -0.15) is 4.98 Å². The average molecular weight is 348 g/mol. The Morgan fingerprint density at radius 2 is 1.88 bits per heavy atom. The first kappa shape index (κ1) is 16.3. The molecule has 3 aromatic rings. The molecule has 2 N–H and O–H groups in total. The number of H-pyrrole nitrogens is 1. The fraction of sp³-hybridized carbons (Fsp3) is 0.250. The van der Waals surface area contributed by atoms with E-state index in [1.165, 1.54) is 0 Å². The minimum atomic E-state index is -0.154. The molecule has 1 amide bonds. The molecule has 1 saturated carbocycles. The van der Waals surface area contributed by atoms with Crippen LogP contribution in [0.1, 0.15) is 24.3 Å². The van der Waals surface area contributed by atoms with Crippen molar-refractivity contribution in [3.8, 4) is 17.1 Å². The number of hydrogen-bond acceptors (Lipinski definition) is 4. The first-order valence-electron chi connectivity index (χ1n) is 8.67. The standard InChI is InChI=1S/C20H20N4O2/c1-26-16-11-9-15(10-12-16)18-21-20(24-23-18)22-19(25)17(14-7-8-14)13-5-3-2-4-6-13/h2-6,9-12,14,17H,7-8H2,1H3,(H2,21,22,23,24,25)/t17-/m1/s1. The number of anilines is 1. The number of methoxy groups -OCH3 is 1. The second-order valence-corrected chi connectivity index (χ2v) is 6.45. The van der Waals surface area contributed by atoms with E-state index in [4.69, 9.17) is 4.74 Å². The number of hydrogen-bond donors (Lipinski definition) is 2. The molecule has 1 aliphatic rings. The largest absolute Gasteiger partial charge is 0.497 e. The topological polar surface area (TPSA) is 79.9 Å². The van der Waals surface area contributed by atoms with Gasteiger partial charge in [-0.25, -0.2) is 0 Å². The summed E-state index contributed by atoms with van der Waals surface area (Å²) < 4.78 is 5.16. The fourth-order valence-electron chi connectivity index (χ4n) is 3.11. The van der Waals surface area contributed by atoms with Crippen molar-refractivity contribution < 1.29 is 9.53 Å². The van der Waals surface area contributed by atoms with Crippen molar-refractivity contribution in [3.05, 3.63) is 60.2 Å². The lowest BCUT2D eigenvalue weighted by molar-refractivity contribution is -0.118. The van der Waals surface area contributed by atoms with Crippen LogP contribution in [0, 0.1) is 5.92 Å². The molecule has 0 spiro atoms. The number of benzene rings is 2. The van der Waals surface area contributed by atoms with Crippen LogP contribution in [0.3, 0.4) is 0 Å². The van der Waals surface area contributed by atoms with Crippen molar-refractivity contribution in [2.24, 2.45) is 5.92 Å². The van der Waals surface area contributed by atoms with E-state index in [1.807, 2.05) is 54.6 Å². The molecule has 1 fully saturated rings. The van der Waals surface area contributed by atoms with E-state index in [9.17, 15) is 4.79 Å².